The minimum atomic E-state index is -4.68. The summed E-state index contributed by atoms with van der Waals surface area (Å²) >= 11 is 11.9. The highest BCUT2D eigenvalue weighted by Crippen LogP contribution is 2.50. The number of rotatable bonds is 5. The zero-order valence-corrected chi connectivity index (χ0v) is 13.0. The fourth-order valence-corrected chi connectivity index (χ4v) is 2.79. The van der Waals surface area contributed by atoms with Crippen LogP contribution in [0.3, 0.4) is 0 Å². The van der Waals surface area contributed by atoms with Crippen molar-refractivity contribution in [1.82, 2.24) is 5.32 Å². The summed E-state index contributed by atoms with van der Waals surface area (Å²) in [5, 5.41) is 11.3. The molecule has 0 saturated heterocycles. The van der Waals surface area contributed by atoms with E-state index in [2.05, 4.69) is 0 Å². The molecule has 2 N–H and O–H groups in total. The van der Waals surface area contributed by atoms with Gasteiger partial charge in [-0.25, -0.2) is 4.79 Å². The molecule has 1 amide bonds. The zero-order chi connectivity index (χ0) is 17.4. The van der Waals surface area contributed by atoms with Crippen LogP contribution in [-0.2, 0) is 9.59 Å². The molecule has 3 atom stereocenters. The monoisotopic (exact) mass is 369 g/mol. The first kappa shape index (κ1) is 17.9. The zero-order valence-electron chi connectivity index (χ0n) is 11.5. The fourth-order valence-electron chi connectivity index (χ4n) is 2.35. The van der Waals surface area contributed by atoms with Crippen molar-refractivity contribution in [1.29, 1.82) is 0 Å². The van der Waals surface area contributed by atoms with Crippen LogP contribution in [0.2, 0.25) is 10.0 Å². The van der Waals surface area contributed by atoms with Crippen molar-refractivity contribution in [3.63, 3.8) is 0 Å². The largest absolute Gasteiger partial charge is 0.480 e. The Labute approximate surface area is 139 Å². The van der Waals surface area contributed by atoms with Gasteiger partial charge < -0.3 is 10.4 Å². The van der Waals surface area contributed by atoms with Crippen molar-refractivity contribution in [2.45, 2.75) is 31.0 Å². The Morgan fingerprint density at radius 1 is 1.35 bits per heavy atom. The number of alkyl halides is 3. The third-order valence-corrected chi connectivity index (χ3v) is 4.39. The Balaban J connectivity index is 2.02. The van der Waals surface area contributed by atoms with Gasteiger partial charge in [-0.3, -0.25) is 4.79 Å². The summed E-state index contributed by atoms with van der Waals surface area (Å²) in [5.41, 5.74) is 0.627. The number of amides is 1. The van der Waals surface area contributed by atoms with Gasteiger partial charge in [-0.1, -0.05) is 35.3 Å². The molecular weight excluding hydrogens is 358 g/mol. The van der Waals surface area contributed by atoms with Gasteiger partial charge in [-0.05, 0) is 24.0 Å². The van der Waals surface area contributed by atoms with Gasteiger partial charge in [0.25, 0.3) is 0 Å². The molecule has 0 radical (unpaired) electrons. The number of carboxylic acids is 1. The summed E-state index contributed by atoms with van der Waals surface area (Å²) in [6, 6.07) is 2.91. The van der Waals surface area contributed by atoms with E-state index in [1.165, 1.54) is 0 Å². The van der Waals surface area contributed by atoms with Crippen LogP contribution in [0.25, 0.3) is 0 Å². The molecule has 23 heavy (non-hydrogen) atoms. The van der Waals surface area contributed by atoms with Crippen LogP contribution in [0.15, 0.2) is 18.2 Å². The molecule has 1 aliphatic carbocycles. The molecule has 0 bridgehead atoms. The minimum absolute atomic E-state index is 0.276. The summed E-state index contributed by atoms with van der Waals surface area (Å²) in [6.07, 6.45) is -5.93. The molecule has 1 aromatic rings. The second-order valence-corrected chi connectivity index (χ2v) is 6.10. The van der Waals surface area contributed by atoms with E-state index in [0.717, 1.165) is 0 Å². The molecular formula is C14H12Cl2F3NO3. The predicted octanol–water partition coefficient (Wildman–Crippen LogP) is 3.62. The number of hydrogen-bond acceptors (Lipinski definition) is 2. The van der Waals surface area contributed by atoms with E-state index in [9.17, 15) is 22.8 Å². The van der Waals surface area contributed by atoms with Crippen LogP contribution in [0, 0.1) is 5.92 Å². The van der Waals surface area contributed by atoms with Crippen molar-refractivity contribution in [3.05, 3.63) is 33.8 Å². The van der Waals surface area contributed by atoms with Crippen LogP contribution in [-0.4, -0.2) is 29.2 Å². The third-order valence-electron chi connectivity index (χ3n) is 3.56. The number of carbonyl (C=O) groups excluding carboxylic acids is 1. The van der Waals surface area contributed by atoms with E-state index < -0.39 is 36.4 Å². The Morgan fingerprint density at radius 2 is 2.00 bits per heavy atom. The Morgan fingerprint density at radius 3 is 2.57 bits per heavy atom. The average molecular weight is 370 g/mol. The molecule has 2 rings (SSSR count). The molecule has 9 heteroatoms. The van der Waals surface area contributed by atoms with Gasteiger partial charge in [0.15, 0.2) is 0 Å². The van der Waals surface area contributed by atoms with E-state index in [-0.39, 0.29) is 5.92 Å². The molecule has 3 unspecified atom stereocenters. The highest BCUT2D eigenvalue weighted by atomic mass is 35.5. The maximum Gasteiger partial charge on any atom is 0.391 e. The summed E-state index contributed by atoms with van der Waals surface area (Å²) in [4.78, 5) is 22.8. The number of nitrogens with one attached hydrogen (secondary N) is 1. The average Bonchev–Trinajstić information content (AvgIpc) is 3.19. The van der Waals surface area contributed by atoms with Crippen LogP contribution < -0.4 is 5.32 Å². The van der Waals surface area contributed by atoms with Crippen molar-refractivity contribution in [2.24, 2.45) is 5.92 Å². The summed E-state index contributed by atoms with van der Waals surface area (Å²) in [5.74, 6) is -3.35. The Kier molecular flexibility index (Phi) is 5.10. The van der Waals surface area contributed by atoms with Gasteiger partial charge in [-0.15, -0.1) is 0 Å². The van der Waals surface area contributed by atoms with E-state index in [4.69, 9.17) is 28.3 Å². The van der Waals surface area contributed by atoms with Crippen LogP contribution in [0.5, 0.6) is 0 Å². The van der Waals surface area contributed by atoms with Crippen molar-refractivity contribution in [2.75, 3.05) is 0 Å². The van der Waals surface area contributed by atoms with Gasteiger partial charge in [-0.2, -0.15) is 13.2 Å². The number of carbonyl (C=O) groups is 2. The summed E-state index contributed by atoms with van der Waals surface area (Å²) in [6.45, 7) is 0. The molecule has 1 aromatic carbocycles. The first-order valence-electron chi connectivity index (χ1n) is 6.64. The van der Waals surface area contributed by atoms with Crippen LogP contribution in [0.4, 0.5) is 13.2 Å². The fraction of sp³-hybridized carbons (Fsp3) is 0.429. The molecule has 1 aliphatic rings. The van der Waals surface area contributed by atoms with Gasteiger partial charge >= 0.3 is 12.1 Å². The third kappa shape index (κ3) is 4.51. The van der Waals surface area contributed by atoms with Crippen LogP contribution >= 0.6 is 23.2 Å². The lowest BCUT2D eigenvalue weighted by Crippen LogP contribution is -2.44. The molecule has 1 fully saturated rings. The standard InChI is InChI=1S/C14H12Cl2F3NO3/c15-9-3-1-2-6(11(9)16)7-4-8(7)12(21)20-10(13(22)23)5-14(17,18)19/h1-3,7-8,10H,4-5H2,(H,20,21)(H,22,23). The summed E-state index contributed by atoms with van der Waals surface area (Å²) in [7, 11) is 0. The number of halogens is 5. The van der Waals surface area contributed by atoms with E-state index in [0.29, 0.717) is 22.0 Å². The lowest BCUT2D eigenvalue weighted by Gasteiger charge is -2.16. The summed E-state index contributed by atoms with van der Waals surface area (Å²) < 4.78 is 37.0. The van der Waals surface area contributed by atoms with Crippen molar-refractivity contribution in [3.8, 4) is 0 Å². The molecule has 4 nitrogen and oxygen atoms in total. The lowest BCUT2D eigenvalue weighted by molar-refractivity contribution is -0.160. The van der Waals surface area contributed by atoms with E-state index in [1.807, 2.05) is 5.32 Å². The Hall–Kier alpha value is -1.47. The van der Waals surface area contributed by atoms with Gasteiger partial charge in [0, 0.05) is 5.92 Å². The van der Waals surface area contributed by atoms with Crippen molar-refractivity contribution < 1.29 is 27.9 Å². The van der Waals surface area contributed by atoms with E-state index in [1.54, 1.807) is 18.2 Å². The number of benzene rings is 1. The second kappa shape index (κ2) is 6.57. The number of carboxylic acid groups (broad SMARTS) is 1. The molecule has 126 valence electrons. The molecule has 0 heterocycles. The predicted molar refractivity (Wildman–Crippen MR) is 77.5 cm³/mol. The minimum Gasteiger partial charge on any atom is -0.480 e. The number of aliphatic carboxylic acids is 1. The molecule has 0 aliphatic heterocycles. The first-order chi connectivity index (χ1) is 10.6. The Bertz CT molecular complexity index is 636. The SMILES string of the molecule is O=C(O)C(CC(F)(F)F)NC(=O)C1CC1c1cccc(Cl)c1Cl. The normalized spacial score (nSPS) is 21.6. The quantitative estimate of drug-likeness (QED) is 0.832. The van der Waals surface area contributed by atoms with Gasteiger partial charge in [0.2, 0.25) is 5.91 Å². The highest BCUT2D eigenvalue weighted by molar-refractivity contribution is 6.42. The second-order valence-electron chi connectivity index (χ2n) is 5.31. The van der Waals surface area contributed by atoms with Gasteiger partial charge in [0.1, 0.15) is 6.04 Å². The molecule has 0 spiro atoms. The van der Waals surface area contributed by atoms with Crippen molar-refractivity contribution >= 4 is 35.1 Å². The maximum absolute atomic E-state index is 12.3. The topological polar surface area (TPSA) is 66.4 Å². The van der Waals surface area contributed by atoms with E-state index >= 15 is 0 Å². The molecule has 1 saturated carbocycles. The first-order valence-corrected chi connectivity index (χ1v) is 7.39. The lowest BCUT2D eigenvalue weighted by atomic mass is 10.1. The molecule has 0 aromatic heterocycles. The highest BCUT2D eigenvalue weighted by Gasteiger charge is 2.47. The number of hydrogen-bond donors (Lipinski definition) is 2. The maximum atomic E-state index is 12.3. The van der Waals surface area contributed by atoms with Crippen LogP contribution in [0.1, 0.15) is 24.3 Å². The van der Waals surface area contributed by atoms with Gasteiger partial charge in [0.05, 0.1) is 16.5 Å². The smallest absolute Gasteiger partial charge is 0.391 e.